The summed E-state index contributed by atoms with van der Waals surface area (Å²) in [6, 6.07) is 8.96. The highest BCUT2D eigenvalue weighted by atomic mass is 32.2. The fourth-order valence-corrected chi connectivity index (χ4v) is 3.92. The van der Waals surface area contributed by atoms with E-state index in [4.69, 9.17) is 0 Å². The summed E-state index contributed by atoms with van der Waals surface area (Å²) in [7, 11) is -3.02. The summed E-state index contributed by atoms with van der Waals surface area (Å²) in [5.74, 6) is -0.292. The van der Waals surface area contributed by atoms with Gasteiger partial charge in [-0.2, -0.15) is 0 Å². The average molecular weight is 306 g/mol. The SMILES string of the molecule is O=C(N[C@@H]1CCS(=O)(=O)C1)c1cn(-c2ccccc2)nn1. The van der Waals surface area contributed by atoms with Gasteiger partial charge < -0.3 is 5.32 Å². The van der Waals surface area contributed by atoms with Crippen LogP contribution in [-0.4, -0.2) is 46.9 Å². The molecule has 7 nitrogen and oxygen atoms in total. The Morgan fingerprint density at radius 3 is 2.71 bits per heavy atom. The lowest BCUT2D eigenvalue weighted by Gasteiger charge is -2.08. The topological polar surface area (TPSA) is 94.0 Å². The van der Waals surface area contributed by atoms with Gasteiger partial charge in [0.1, 0.15) is 0 Å². The first kappa shape index (κ1) is 13.7. The quantitative estimate of drug-likeness (QED) is 0.873. The molecule has 1 aliphatic rings. The molecule has 2 heterocycles. The summed E-state index contributed by atoms with van der Waals surface area (Å²) in [6.07, 6.45) is 1.97. The zero-order valence-corrected chi connectivity index (χ0v) is 12.0. The molecule has 21 heavy (non-hydrogen) atoms. The second-order valence-electron chi connectivity index (χ2n) is 4.96. The monoisotopic (exact) mass is 306 g/mol. The van der Waals surface area contributed by atoms with Gasteiger partial charge in [0.05, 0.1) is 23.4 Å². The van der Waals surface area contributed by atoms with Crippen LogP contribution >= 0.6 is 0 Å². The van der Waals surface area contributed by atoms with Crippen LogP contribution in [0.3, 0.4) is 0 Å². The Labute approximate surface area is 121 Å². The Kier molecular flexibility index (Phi) is 3.46. The lowest BCUT2D eigenvalue weighted by atomic mass is 10.2. The van der Waals surface area contributed by atoms with Gasteiger partial charge in [0.15, 0.2) is 15.5 Å². The zero-order valence-electron chi connectivity index (χ0n) is 11.1. The third kappa shape index (κ3) is 3.10. The number of hydrogen-bond acceptors (Lipinski definition) is 5. The molecule has 0 aliphatic carbocycles. The number of amides is 1. The summed E-state index contributed by atoms with van der Waals surface area (Å²) < 4.78 is 24.2. The first-order valence-electron chi connectivity index (χ1n) is 6.52. The number of para-hydroxylation sites is 1. The molecule has 1 aliphatic heterocycles. The van der Waals surface area contributed by atoms with Crippen LogP contribution in [0.15, 0.2) is 36.5 Å². The fraction of sp³-hybridized carbons (Fsp3) is 0.308. The Hall–Kier alpha value is -2.22. The lowest BCUT2D eigenvalue weighted by molar-refractivity contribution is 0.0936. The molecule has 3 rings (SSSR count). The van der Waals surface area contributed by atoms with Gasteiger partial charge in [-0.1, -0.05) is 23.4 Å². The molecule has 0 saturated carbocycles. The minimum atomic E-state index is -3.02. The molecule has 1 fully saturated rings. The number of sulfone groups is 1. The van der Waals surface area contributed by atoms with Crippen LogP contribution in [0.4, 0.5) is 0 Å². The summed E-state index contributed by atoms with van der Waals surface area (Å²) >= 11 is 0. The minimum Gasteiger partial charge on any atom is -0.347 e. The van der Waals surface area contributed by atoms with Crippen molar-refractivity contribution in [3.63, 3.8) is 0 Å². The second kappa shape index (κ2) is 5.28. The van der Waals surface area contributed by atoms with E-state index in [1.165, 1.54) is 10.9 Å². The van der Waals surface area contributed by atoms with E-state index in [2.05, 4.69) is 15.6 Å². The minimum absolute atomic E-state index is 0.00837. The molecule has 1 amide bonds. The van der Waals surface area contributed by atoms with E-state index in [0.717, 1.165) is 5.69 Å². The Balaban J connectivity index is 1.70. The van der Waals surface area contributed by atoms with Gasteiger partial charge in [-0.25, -0.2) is 13.1 Å². The number of carbonyl (C=O) groups is 1. The number of rotatable bonds is 3. The third-order valence-electron chi connectivity index (χ3n) is 3.31. The van der Waals surface area contributed by atoms with Crippen molar-refractivity contribution in [1.29, 1.82) is 0 Å². The number of nitrogens with zero attached hydrogens (tertiary/aromatic N) is 3. The zero-order chi connectivity index (χ0) is 14.9. The lowest BCUT2D eigenvalue weighted by Crippen LogP contribution is -2.35. The van der Waals surface area contributed by atoms with E-state index >= 15 is 0 Å². The number of hydrogen-bond donors (Lipinski definition) is 1. The predicted molar refractivity (Wildman–Crippen MR) is 75.9 cm³/mol. The van der Waals surface area contributed by atoms with E-state index in [1.54, 1.807) is 0 Å². The molecule has 0 unspecified atom stereocenters. The maximum atomic E-state index is 12.0. The van der Waals surface area contributed by atoms with Crippen molar-refractivity contribution in [2.45, 2.75) is 12.5 Å². The number of carbonyl (C=O) groups excluding carboxylic acids is 1. The molecule has 2 aromatic rings. The van der Waals surface area contributed by atoms with Crippen molar-refractivity contribution in [2.24, 2.45) is 0 Å². The van der Waals surface area contributed by atoms with Crippen LogP contribution in [0.2, 0.25) is 0 Å². The van der Waals surface area contributed by atoms with Crippen molar-refractivity contribution in [3.8, 4) is 5.69 Å². The van der Waals surface area contributed by atoms with E-state index in [-0.39, 0.29) is 23.2 Å². The summed E-state index contributed by atoms with van der Waals surface area (Å²) in [6.45, 7) is 0. The van der Waals surface area contributed by atoms with E-state index < -0.39 is 15.7 Å². The van der Waals surface area contributed by atoms with Crippen LogP contribution in [-0.2, 0) is 9.84 Å². The van der Waals surface area contributed by atoms with Crippen LogP contribution in [0.1, 0.15) is 16.9 Å². The normalized spacial score (nSPS) is 20.3. The number of nitrogens with one attached hydrogen (secondary N) is 1. The Bertz CT molecular complexity index is 755. The molecule has 1 aromatic heterocycles. The molecule has 0 bridgehead atoms. The standard InChI is InChI=1S/C13H14N4O3S/c18-13(14-10-6-7-21(19,20)9-10)12-8-17(16-15-12)11-4-2-1-3-5-11/h1-5,8,10H,6-7,9H2,(H,14,18)/t10-/m1/s1. The Morgan fingerprint density at radius 2 is 2.05 bits per heavy atom. The maximum absolute atomic E-state index is 12.0. The van der Waals surface area contributed by atoms with E-state index in [0.29, 0.717) is 6.42 Å². The molecule has 0 spiro atoms. The molecule has 110 valence electrons. The second-order valence-corrected chi connectivity index (χ2v) is 7.19. The molecule has 0 radical (unpaired) electrons. The van der Waals surface area contributed by atoms with Crippen LogP contribution in [0, 0.1) is 0 Å². The molecule has 1 saturated heterocycles. The van der Waals surface area contributed by atoms with Crippen LogP contribution in [0.5, 0.6) is 0 Å². The van der Waals surface area contributed by atoms with Crippen LogP contribution < -0.4 is 5.32 Å². The average Bonchev–Trinajstić information content (AvgIpc) is 3.07. The number of aromatic nitrogens is 3. The van der Waals surface area contributed by atoms with Gasteiger partial charge in [-0.05, 0) is 18.6 Å². The van der Waals surface area contributed by atoms with Crippen molar-refractivity contribution in [3.05, 3.63) is 42.2 Å². The van der Waals surface area contributed by atoms with Gasteiger partial charge in [-0.3, -0.25) is 4.79 Å². The molecule has 1 N–H and O–H groups in total. The van der Waals surface area contributed by atoms with Gasteiger partial charge in [0, 0.05) is 6.04 Å². The largest absolute Gasteiger partial charge is 0.347 e. The molecular formula is C13H14N4O3S. The van der Waals surface area contributed by atoms with Gasteiger partial charge >= 0.3 is 0 Å². The van der Waals surface area contributed by atoms with Crippen molar-refractivity contribution in [1.82, 2.24) is 20.3 Å². The summed E-state index contributed by atoms with van der Waals surface area (Å²) in [5.41, 5.74) is 0.968. The van der Waals surface area contributed by atoms with Gasteiger partial charge in [-0.15, -0.1) is 5.10 Å². The van der Waals surface area contributed by atoms with Gasteiger partial charge in [0.25, 0.3) is 5.91 Å². The van der Waals surface area contributed by atoms with Crippen molar-refractivity contribution >= 4 is 15.7 Å². The smallest absolute Gasteiger partial charge is 0.273 e. The summed E-state index contributed by atoms with van der Waals surface area (Å²) in [5, 5.41) is 10.4. The van der Waals surface area contributed by atoms with Gasteiger partial charge in [0.2, 0.25) is 0 Å². The molecule has 8 heteroatoms. The molecular weight excluding hydrogens is 292 g/mol. The third-order valence-corrected chi connectivity index (χ3v) is 5.08. The fourth-order valence-electron chi connectivity index (χ4n) is 2.24. The molecule has 1 aromatic carbocycles. The summed E-state index contributed by atoms with van der Waals surface area (Å²) in [4.78, 5) is 12.0. The van der Waals surface area contributed by atoms with Crippen molar-refractivity contribution in [2.75, 3.05) is 11.5 Å². The highest BCUT2D eigenvalue weighted by molar-refractivity contribution is 7.91. The first-order chi connectivity index (χ1) is 10.0. The van der Waals surface area contributed by atoms with Crippen LogP contribution in [0.25, 0.3) is 5.69 Å². The maximum Gasteiger partial charge on any atom is 0.273 e. The van der Waals surface area contributed by atoms with E-state index in [9.17, 15) is 13.2 Å². The highest BCUT2D eigenvalue weighted by Gasteiger charge is 2.29. The van der Waals surface area contributed by atoms with Crippen molar-refractivity contribution < 1.29 is 13.2 Å². The van der Waals surface area contributed by atoms with E-state index in [1.807, 2.05) is 30.3 Å². The predicted octanol–water partition coefficient (Wildman–Crippen LogP) is 0.184. The molecule has 1 atom stereocenters. The highest BCUT2D eigenvalue weighted by Crippen LogP contribution is 2.12. The number of benzene rings is 1. The Morgan fingerprint density at radius 1 is 1.29 bits per heavy atom. The first-order valence-corrected chi connectivity index (χ1v) is 8.35.